The largest absolute Gasteiger partial charge is 0.462 e. The minimum atomic E-state index is -0.343. The molecule has 1 N–H and O–H groups in total. The van der Waals surface area contributed by atoms with Gasteiger partial charge in [0.05, 0.1) is 23.8 Å². The molecule has 0 radical (unpaired) electrons. The molecular weight excluding hydrogens is 428 g/mol. The number of hydrogen-bond acceptors (Lipinski definition) is 6. The van der Waals surface area contributed by atoms with E-state index in [4.69, 9.17) is 10.00 Å². The van der Waals surface area contributed by atoms with E-state index in [1.165, 1.54) is 0 Å². The number of aromatic nitrogens is 1. The molecule has 1 aliphatic heterocycles. The summed E-state index contributed by atoms with van der Waals surface area (Å²) in [5.41, 5.74) is 4.80. The van der Waals surface area contributed by atoms with Crippen molar-refractivity contribution >= 4 is 23.4 Å². The molecule has 0 saturated heterocycles. The zero-order chi connectivity index (χ0) is 24.2. The molecule has 0 aliphatic carbocycles. The second-order valence-corrected chi connectivity index (χ2v) is 8.29. The Hall–Kier alpha value is -4.18. The highest BCUT2D eigenvalue weighted by molar-refractivity contribution is 5.94. The predicted octanol–water partition coefficient (Wildman–Crippen LogP) is 5.10. The lowest BCUT2D eigenvalue weighted by atomic mass is 9.89. The van der Waals surface area contributed by atoms with Gasteiger partial charge in [0, 0.05) is 24.8 Å². The number of benzene rings is 2. The summed E-state index contributed by atoms with van der Waals surface area (Å²) in [7, 11) is 0. The number of rotatable bonds is 5. The quantitative estimate of drug-likeness (QED) is 0.539. The Balaban J connectivity index is 1.70. The first-order valence-electron chi connectivity index (χ1n) is 11.2. The highest BCUT2D eigenvalue weighted by Gasteiger charge is 2.32. The number of carbonyl (C=O) groups is 2. The Labute approximate surface area is 199 Å². The number of carbonyl (C=O) groups excluding carboxylic acids is 2. The van der Waals surface area contributed by atoms with Gasteiger partial charge in [0.15, 0.2) is 0 Å². The number of pyridine rings is 1. The maximum atomic E-state index is 12.4. The van der Waals surface area contributed by atoms with E-state index in [-0.39, 0.29) is 24.0 Å². The monoisotopic (exact) mass is 454 g/mol. The fourth-order valence-corrected chi connectivity index (χ4v) is 4.40. The highest BCUT2D eigenvalue weighted by atomic mass is 16.5. The van der Waals surface area contributed by atoms with Crippen LogP contribution in [0.15, 0.2) is 60.8 Å². The number of anilines is 2. The first-order valence-corrected chi connectivity index (χ1v) is 11.2. The molecule has 34 heavy (non-hydrogen) atoms. The normalized spacial score (nSPS) is 16.8. The first kappa shape index (κ1) is 23.0. The van der Waals surface area contributed by atoms with Crippen LogP contribution in [0.2, 0.25) is 0 Å². The van der Waals surface area contributed by atoms with Crippen LogP contribution in [0.4, 0.5) is 11.5 Å². The third kappa shape index (κ3) is 4.62. The van der Waals surface area contributed by atoms with Crippen molar-refractivity contribution in [2.45, 2.75) is 39.3 Å². The number of ether oxygens (including phenoxy) is 1. The van der Waals surface area contributed by atoms with Crippen molar-refractivity contribution in [3.05, 3.63) is 77.5 Å². The lowest BCUT2D eigenvalue weighted by Crippen LogP contribution is -2.43. The van der Waals surface area contributed by atoms with Gasteiger partial charge in [0.2, 0.25) is 5.91 Å². The van der Waals surface area contributed by atoms with E-state index in [1.807, 2.05) is 36.1 Å². The topological polar surface area (TPSA) is 95.3 Å². The molecule has 0 spiro atoms. The van der Waals surface area contributed by atoms with Crippen molar-refractivity contribution in [1.82, 2.24) is 4.98 Å². The summed E-state index contributed by atoms with van der Waals surface area (Å²) in [6.45, 7) is 5.73. The average molecular weight is 455 g/mol. The number of nitriles is 1. The fourth-order valence-electron chi connectivity index (χ4n) is 4.40. The molecule has 3 aromatic rings. The van der Waals surface area contributed by atoms with E-state index >= 15 is 0 Å². The number of nitrogens with one attached hydrogen (secondary N) is 1. The van der Waals surface area contributed by atoms with E-state index < -0.39 is 0 Å². The minimum absolute atomic E-state index is 0.00441. The summed E-state index contributed by atoms with van der Waals surface area (Å²) < 4.78 is 5.07. The molecule has 0 unspecified atom stereocenters. The highest BCUT2D eigenvalue weighted by Crippen LogP contribution is 2.41. The van der Waals surface area contributed by atoms with E-state index in [1.54, 1.807) is 44.3 Å². The zero-order valence-corrected chi connectivity index (χ0v) is 19.4. The van der Waals surface area contributed by atoms with Crippen LogP contribution in [0.5, 0.6) is 0 Å². The van der Waals surface area contributed by atoms with Crippen LogP contribution >= 0.6 is 0 Å². The molecule has 1 aromatic heterocycles. The molecule has 0 fully saturated rings. The Morgan fingerprint density at radius 2 is 1.88 bits per heavy atom. The summed E-state index contributed by atoms with van der Waals surface area (Å²) in [5, 5.41) is 12.5. The van der Waals surface area contributed by atoms with Crippen LogP contribution < -0.4 is 10.2 Å². The third-order valence-electron chi connectivity index (χ3n) is 5.96. The molecular formula is C27H26N4O3. The average Bonchev–Trinajstić information content (AvgIpc) is 2.84. The standard InChI is InChI=1S/C27H26N4O3/c1-4-34-27(33)21-8-6-20(7-9-21)22-10-11-25-23(14-22)24(13-17(2)31(25)18(3)32)30-26-12-5-19(15-28)16-29-26/h5-12,14,16-17,24H,4,13H2,1-3H3,(H,29,30)/t17-,24+/m0/s1. The van der Waals surface area contributed by atoms with Crippen molar-refractivity contribution in [3.63, 3.8) is 0 Å². The van der Waals surface area contributed by atoms with Gasteiger partial charge in [-0.05, 0) is 73.4 Å². The van der Waals surface area contributed by atoms with Gasteiger partial charge in [0.25, 0.3) is 0 Å². The Morgan fingerprint density at radius 3 is 2.50 bits per heavy atom. The molecule has 0 bridgehead atoms. The Kier molecular flexibility index (Phi) is 6.60. The van der Waals surface area contributed by atoms with E-state index in [9.17, 15) is 9.59 Å². The number of fused-ring (bicyclic) bond motifs is 1. The minimum Gasteiger partial charge on any atom is -0.462 e. The van der Waals surface area contributed by atoms with Gasteiger partial charge in [-0.15, -0.1) is 0 Å². The molecule has 7 nitrogen and oxygen atoms in total. The predicted molar refractivity (Wildman–Crippen MR) is 130 cm³/mol. The summed E-state index contributed by atoms with van der Waals surface area (Å²) >= 11 is 0. The summed E-state index contributed by atoms with van der Waals surface area (Å²) in [6.07, 6.45) is 2.25. The van der Waals surface area contributed by atoms with Crippen molar-refractivity contribution in [3.8, 4) is 17.2 Å². The SMILES string of the molecule is CCOC(=O)c1ccc(-c2ccc3c(c2)[C@H](Nc2ccc(C#N)cn2)C[C@H](C)N3C(C)=O)cc1. The van der Waals surface area contributed by atoms with Crippen molar-refractivity contribution in [2.24, 2.45) is 0 Å². The molecule has 172 valence electrons. The third-order valence-corrected chi connectivity index (χ3v) is 5.96. The Bertz CT molecular complexity index is 1250. The van der Waals surface area contributed by atoms with Crippen molar-refractivity contribution in [1.29, 1.82) is 5.26 Å². The van der Waals surface area contributed by atoms with Crippen LogP contribution in [0, 0.1) is 11.3 Å². The van der Waals surface area contributed by atoms with Gasteiger partial charge in [-0.3, -0.25) is 4.79 Å². The number of nitrogens with zero attached hydrogens (tertiary/aromatic N) is 3. The second kappa shape index (κ2) is 9.75. The fraction of sp³-hybridized carbons (Fsp3) is 0.259. The van der Waals surface area contributed by atoms with E-state index in [2.05, 4.69) is 22.4 Å². The van der Waals surface area contributed by atoms with Gasteiger partial charge in [0.1, 0.15) is 11.9 Å². The van der Waals surface area contributed by atoms with Crippen LogP contribution in [0.1, 0.15) is 54.7 Å². The molecule has 0 saturated carbocycles. The van der Waals surface area contributed by atoms with Gasteiger partial charge < -0.3 is 15.0 Å². The van der Waals surface area contributed by atoms with E-state index in [0.717, 1.165) is 22.4 Å². The van der Waals surface area contributed by atoms with Gasteiger partial charge in [-0.2, -0.15) is 5.26 Å². The molecule has 2 atom stereocenters. The second-order valence-electron chi connectivity index (χ2n) is 8.29. The molecule has 4 rings (SSSR count). The zero-order valence-electron chi connectivity index (χ0n) is 19.4. The number of amides is 1. The Morgan fingerprint density at radius 1 is 1.15 bits per heavy atom. The van der Waals surface area contributed by atoms with Gasteiger partial charge >= 0.3 is 5.97 Å². The lowest BCUT2D eigenvalue weighted by Gasteiger charge is -2.39. The van der Waals surface area contributed by atoms with E-state index in [0.29, 0.717) is 30.0 Å². The summed E-state index contributed by atoms with van der Waals surface area (Å²) in [4.78, 5) is 30.6. The maximum Gasteiger partial charge on any atom is 0.338 e. The summed E-state index contributed by atoms with van der Waals surface area (Å²) in [5.74, 6) is 0.322. The first-order chi connectivity index (χ1) is 16.4. The van der Waals surface area contributed by atoms with Gasteiger partial charge in [-0.1, -0.05) is 18.2 Å². The van der Waals surface area contributed by atoms with Crippen molar-refractivity contribution < 1.29 is 14.3 Å². The molecule has 1 aliphatic rings. The maximum absolute atomic E-state index is 12.4. The molecule has 7 heteroatoms. The van der Waals surface area contributed by atoms with Crippen LogP contribution in [0.3, 0.4) is 0 Å². The smallest absolute Gasteiger partial charge is 0.338 e. The van der Waals surface area contributed by atoms with Crippen LogP contribution in [-0.4, -0.2) is 29.5 Å². The summed E-state index contributed by atoms with van der Waals surface area (Å²) in [6, 6.07) is 18.9. The number of hydrogen-bond donors (Lipinski definition) is 1. The molecule has 2 aromatic carbocycles. The van der Waals surface area contributed by atoms with Crippen LogP contribution in [0.25, 0.3) is 11.1 Å². The van der Waals surface area contributed by atoms with Gasteiger partial charge in [-0.25, -0.2) is 9.78 Å². The molecule has 2 heterocycles. The van der Waals surface area contributed by atoms with Crippen molar-refractivity contribution in [2.75, 3.05) is 16.8 Å². The van der Waals surface area contributed by atoms with Crippen LogP contribution in [-0.2, 0) is 9.53 Å². The number of esters is 1. The molecule has 1 amide bonds. The lowest BCUT2D eigenvalue weighted by molar-refractivity contribution is -0.117.